The Hall–Kier alpha value is -4.14. The van der Waals surface area contributed by atoms with Gasteiger partial charge in [0.15, 0.2) is 0 Å². The lowest BCUT2D eigenvalue weighted by atomic mass is 10.1. The summed E-state index contributed by atoms with van der Waals surface area (Å²) in [6.45, 7) is 3.44. The predicted molar refractivity (Wildman–Crippen MR) is 135 cm³/mol. The zero-order valence-electron chi connectivity index (χ0n) is 19.8. The van der Waals surface area contributed by atoms with E-state index in [2.05, 4.69) is 37.4 Å². The molecule has 5 rings (SSSR count). The van der Waals surface area contributed by atoms with Gasteiger partial charge in [0.2, 0.25) is 0 Å². The van der Waals surface area contributed by atoms with Gasteiger partial charge in [-0.15, -0.1) is 0 Å². The SMILES string of the molecule is COc1ccc(-c2cnc3ncnn3c2N2CCCN(C(=O)NCCc3ccccc3)CC2)cc1. The molecule has 1 aliphatic rings. The van der Waals surface area contributed by atoms with Crippen LogP contribution in [0.5, 0.6) is 5.75 Å². The van der Waals surface area contributed by atoms with Gasteiger partial charge in [0.1, 0.15) is 17.9 Å². The minimum Gasteiger partial charge on any atom is -0.497 e. The number of anilines is 1. The summed E-state index contributed by atoms with van der Waals surface area (Å²) in [6.07, 6.45) is 5.04. The highest BCUT2D eigenvalue weighted by molar-refractivity contribution is 5.78. The fourth-order valence-corrected chi connectivity index (χ4v) is 4.45. The number of aromatic nitrogens is 4. The Kier molecular flexibility index (Phi) is 6.74. The summed E-state index contributed by atoms with van der Waals surface area (Å²) >= 11 is 0. The number of rotatable bonds is 6. The Morgan fingerprint density at radius 2 is 1.83 bits per heavy atom. The number of benzene rings is 2. The molecule has 1 fully saturated rings. The maximum absolute atomic E-state index is 12.9. The summed E-state index contributed by atoms with van der Waals surface area (Å²) in [7, 11) is 1.66. The van der Waals surface area contributed by atoms with Crippen LogP contribution in [0.1, 0.15) is 12.0 Å². The molecule has 0 aliphatic carbocycles. The number of carbonyl (C=O) groups is 1. The molecule has 0 atom stereocenters. The van der Waals surface area contributed by atoms with Crippen LogP contribution >= 0.6 is 0 Å². The molecule has 0 spiro atoms. The fraction of sp³-hybridized carbons (Fsp3) is 0.308. The molecule has 4 aromatic rings. The Morgan fingerprint density at radius 3 is 2.63 bits per heavy atom. The van der Waals surface area contributed by atoms with Gasteiger partial charge in [-0.25, -0.2) is 9.78 Å². The lowest BCUT2D eigenvalue weighted by molar-refractivity contribution is 0.201. The third-order valence-corrected chi connectivity index (χ3v) is 6.30. The summed E-state index contributed by atoms with van der Waals surface area (Å²) < 4.78 is 7.10. The molecule has 1 saturated heterocycles. The van der Waals surface area contributed by atoms with E-state index in [1.54, 1.807) is 11.6 Å². The Bertz CT molecular complexity index is 1270. The largest absolute Gasteiger partial charge is 0.497 e. The van der Waals surface area contributed by atoms with Crippen LogP contribution < -0.4 is 15.0 Å². The van der Waals surface area contributed by atoms with Gasteiger partial charge < -0.3 is 19.9 Å². The first-order chi connectivity index (χ1) is 17.2. The molecule has 0 unspecified atom stereocenters. The van der Waals surface area contributed by atoms with Crippen molar-refractivity contribution in [1.82, 2.24) is 29.8 Å². The quantitative estimate of drug-likeness (QED) is 0.464. The van der Waals surface area contributed by atoms with E-state index in [4.69, 9.17) is 4.74 Å². The third-order valence-electron chi connectivity index (χ3n) is 6.30. The molecular formula is C26H29N7O2. The summed E-state index contributed by atoms with van der Waals surface area (Å²) in [5.41, 5.74) is 3.20. The molecular weight excluding hydrogens is 442 g/mol. The highest BCUT2D eigenvalue weighted by Crippen LogP contribution is 2.32. The number of methoxy groups -OCH3 is 1. The minimum absolute atomic E-state index is 0.0150. The fourth-order valence-electron chi connectivity index (χ4n) is 4.45. The molecule has 0 radical (unpaired) electrons. The number of amides is 2. The van der Waals surface area contributed by atoms with Crippen LogP contribution in [0.3, 0.4) is 0 Å². The maximum atomic E-state index is 12.9. The highest BCUT2D eigenvalue weighted by Gasteiger charge is 2.24. The van der Waals surface area contributed by atoms with E-state index in [-0.39, 0.29) is 6.03 Å². The van der Waals surface area contributed by atoms with E-state index < -0.39 is 0 Å². The molecule has 35 heavy (non-hydrogen) atoms. The lowest BCUT2D eigenvalue weighted by Gasteiger charge is -2.26. The van der Waals surface area contributed by atoms with Crippen molar-refractivity contribution in [1.29, 1.82) is 0 Å². The minimum atomic E-state index is -0.0150. The number of nitrogens with one attached hydrogen (secondary N) is 1. The first-order valence-electron chi connectivity index (χ1n) is 11.9. The number of carbonyl (C=O) groups excluding carboxylic acids is 1. The number of ether oxygens (including phenoxy) is 1. The van der Waals surface area contributed by atoms with E-state index >= 15 is 0 Å². The average Bonchev–Trinajstić information content (AvgIpc) is 3.25. The van der Waals surface area contributed by atoms with E-state index in [1.165, 1.54) is 11.9 Å². The number of nitrogens with zero attached hydrogens (tertiary/aromatic N) is 6. The summed E-state index contributed by atoms with van der Waals surface area (Å²) in [5, 5.41) is 7.53. The number of hydrogen-bond donors (Lipinski definition) is 1. The first kappa shape index (κ1) is 22.6. The molecule has 2 amide bonds. The molecule has 1 aliphatic heterocycles. The molecule has 1 N–H and O–H groups in total. The molecule has 2 aromatic heterocycles. The molecule has 180 valence electrons. The van der Waals surface area contributed by atoms with Crippen LogP contribution in [-0.2, 0) is 6.42 Å². The number of hydrogen-bond acceptors (Lipinski definition) is 6. The zero-order chi connectivity index (χ0) is 24.0. The van der Waals surface area contributed by atoms with Gasteiger partial charge in [-0.1, -0.05) is 42.5 Å². The molecule has 2 aromatic carbocycles. The lowest BCUT2D eigenvalue weighted by Crippen LogP contribution is -2.42. The summed E-state index contributed by atoms with van der Waals surface area (Å²) in [5.74, 6) is 2.29. The summed E-state index contributed by atoms with van der Waals surface area (Å²) in [6, 6.07) is 18.1. The summed E-state index contributed by atoms with van der Waals surface area (Å²) in [4.78, 5) is 25.8. The van der Waals surface area contributed by atoms with Gasteiger partial charge in [0, 0.05) is 44.5 Å². The van der Waals surface area contributed by atoms with Crippen LogP contribution in [0.2, 0.25) is 0 Å². The second kappa shape index (κ2) is 10.4. The van der Waals surface area contributed by atoms with Crippen molar-refractivity contribution in [3.05, 3.63) is 72.7 Å². The van der Waals surface area contributed by atoms with Crippen molar-refractivity contribution in [3.63, 3.8) is 0 Å². The van der Waals surface area contributed by atoms with E-state index in [0.29, 0.717) is 32.0 Å². The van der Waals surface area contributed by atoms with Crippen molar-refractivity contribution >= 4 is 17.6 Å². The van der Waals surface area contributed by atoms with Gasteiger partial charge in [0.05, 0.1) is 7.11 Å². The molecule has 0 bridgehead atoms. The van der Waals surface area contributed by atoms with Gasteiger partial charge in [-0.3, -0.25) is 0 Å². The van der Waals surface area contributed by atoms with E-state index in [0.717, 1.165) is 42.1 Å². The molecule has 3 heterocycles. The highest BCUT2D eigenvalue weighted by atomic mass is 16.5. The van der Waals surface area contributed by atoms with Crippen molar-refractivity contribution in [2.75, 3.05) is 44.7 Å². The molecule has 9 heteroatoms. The van der Waals surface area contributed by atoms with Crippen LogP contribution in [0.25, 0.3) is 16.9 Å². The molecule has 9 nitrogen and oxygen atoms in total. The van der Waals surface area contributed by atoms with Crippen molar-refractivity contribution in [2.24, 2.45) is 0 Å². The standard InChI is InChI=1S/C26H29N7O2/c1-35-22-10-8-21(9-11-22)23-18-28-25-29-19-30-33(25)24(23)31-14-5-15-32(17-16-31)26(34)27-13-12-20-6-3-2-4-7-20/h2-4,6-11,18-19H,5,12-17H2,1H3,(H,27,34). The Balaban J connectivity index is 1.31. The Labute approximate surface area is 204 Å². The monoisotopic (exact) mass is 471 g/mol. The predicted octanol–water partition coefficient (Wildman–Crippen LogP) is 3.26. The maximum Gasteiger partial charge on any atom is 0.317 e. The topological polar surface area (TPSA) is 87.9 Å². The third kappa shape index (κ3) is 5.03. The van der Waals surface area contributed by atoms with Crippen LogP contribution in [0.4, 0.5) is 10.6 Å². The first-order valence-corrected chi connectivity index (χ1v) is 11.9. The number of urea groups is 1. The van der Waals surface area contributed by atoms with E-state index in [9.17, 15) is 4.79 Å². The van der Waals surface area contributed by atoms with Crippen molar-refractivity contribution in [3.8, 4) is 16.9 Å². The van der Waals surface area contributed by atoms with Crippen LogP contribution in [0, 0.1) is 0 Å². The van der Waals surface area contributed by atoms with Crippen molar-refractivity contribution in [2.45, 2.75) is 12.8 Å². The van der Waals surface area contributed by atoms with Gasteiger partial charge >= 0.3 is 6.03 Å². The number of fused-ring (bicyclic) bond motifs is 1. The van der Waals surface area contributed by atoms with Crippen LogP contribution in [-0.4, -0.2) is 70.3 Å². The van der Waals surface area contributed by atoms with Gasteiger partial charge in [0.25, 0.3) is 5.78 Å². The smallest absolute Gasteiger partial charge is 0.317 e. The zero-order valence-corrected chi connectivity index (χ0v) is 19.8. The second-order valence-corrected chi connectivity index (χ2v) is 8.49. The van der Waals surface area contributed by atoms with Crippen molar-refractivity contribution < 1.29 is 9.53 Å². The van der Waals surface area contributed by atoms with Gasteiger partial charge in [-0.05, 0) is 36.1 Å². The Morgan fingerprint density at radius 1 is 1.00 bits per heavy atom. The second-order valence-electron chi connectivity index (χ2n) is 8.49. The molecule has 0 saturated carbocycles. The van der Waals surface area contributed by atoms with Crippen LogP contribution in [0.15, 0.2) is 67.1 Å². The average molecular weight is 472 g/mol. The van der Waals surface area contributed by atoms with E-state index in [1.807, 2.05) is 53.6 Å². The normalized spacial score (nSPS) is 14.1. The van der Waals surface area contributed by atoms with Gasteiger partial charge in [-0.2, -0.15) is 14.6 Å².